The second-order valence-electron chi connectivity index (χ2n) is 5.62. The van der Waals surface area contributed by atoms with Crippen LogP contribution in [0.5, 0.6) is 0 Å². The lowest BCUT2D eigenvalue weighted by molar-refractivity contribution is -0.114. The Labute approximate surface area is 139 Å². The number of rotatable bonds is 3. The van der Waals surface area contributed by atoms with Crippen molar-refractivity contribution in [2.24, 2.45) is 5.10 Å². The van der Waals surface area contributed by atoms with Gasteiger partial charge in [0, 0.05) is 0 Å². The minimum absolute atomic E-state index is 0.196. The van der Waals surface area contributed by atoms with Gasteiger partial charge in [-0.05, 0) is 49.8 Å². The largest absolute Gasteiger partial charge is 0.478 e. The number of hydrogen-bond acceptors (Lipinski definition) is 3. The monoisotopic (exact) mass is 320 g/mol. The molecule has 0 aromatic heterocycles. The normalized spacial score (nSPS) is 15.8. The summed E-state index contributed by atoms with van der Waals surface area (Å²) in [6, 6.07) is 13.9. The van der Waals surface area contributed by atoms with Gasteiger partial charge in [0.05, 0.1) is 22.5 Å². The number of nitrogens with zero attached hydrogens (tertiary/aromatic N) is 2. The third-order valence-corrected chi connectivity index (χ3v) is 3.81. The van der Waals surface area contributed by atoms with Crippen LogP contribution in [0, 0.1) is 6.92 Å². The molecule has 1 aliphatic rings. The van der Waals surface area contributed by atoms with Gasteiger partial charge in [-0.1, -0.05) is 29.8 Å². The van der Waals surface area contributed by atoms with Crippen LogP contribution in [0.4, 0.5) is 5.69 Å². The zero-order valence-corrected chi connectivity index (χ0v) is 13.4. The van der Waals surface area contributed by atoms with E-state index in [-0.39, 0.29) is 11.5 Å². The molecule has 0 fully saturated rings. The van der Waals surface area contributed by atoms with Crippen LogP contribution in [0.2, 0.25) is 0 Å². The standard InChI is InChI=1S/C19H16N2O3/c1-12-3-9-16(10-4-12)21-18(22)17(13(2)20-21)11-14-5-7-15(8-6-14)19(23)24/h3-11H,1-2H3,(H,23,24). The first-order valence-electron chi connectivity index (χ1n) is 7.47. The molecular formula is C19H16N2O3. The molecule has 5 nitrogen and oxygen atoms in total. The highest BCUT2D eigenvalue weighted by molar-refractivity contribution is 6.32. The molecule has 5 heteroatoms. The minimum Gasteiger partial charge on any atom is -0.478 e. The summed E-state index contributed by atoms with van der Waals surface area (Å²) in [6.07, 6.45) is 1.72. The van der Waals surface area contributed by atoms with Crippen LogP contribution in [0.25, 0.3) is 6.08 Å². The van der Waals surface area contributed by atoms with Crippen LogP contribution in [-0.4, -0.2) is 22.7 Å². The zero-order valence-electron chi connectivity index (χ0n) is 13.4. The molecule has 1 amide bonds. The predicted octanol–water partition coefficient (Wildman–Crippen LogP) is 3.50. The Morgan fingerprint density at radius 3 is 2.25 bits per heavy atom. The fraction of sp³-hybridized carbons (Fsp3) is 0.105. The third kappa shape index (κ3) is 2.96. The van der Waals surface area contributed by atoms with E-state index in [0.29, 0.717) is 11.3 Å². The van der Waals surface area contributed by atoms with E-state index in [0.717, 1.165) is 16.8 Å². The highest BCUT2D eigenvalue weighted by Crippen LogP contribution is 2.25. The summed E-state index contributed by atoms with van der Waals surface area (Å²) < 4.78 is 0. The van der Waals surface area contributed by atoms with E-state index in [4.69, 9.17) is 5.11 Å². The van der Waals surface area contributed by atoms with Crippen LogP contribution in [0.1, 0.15) is 28.4 Å². The molecule has 24 heavy (non-hydrogen) atoms. The van der Waals surface area contributed by atoms with E-state index in [2.05, 4.69) is 5.10 Å². The average molecular weight is 320 g/mol. The number of hydrazone groups is 1. The number of anilines is 1. The van der Waals surface area contributed by atoms with Crippen LogP contribution in [0.15, 0.2) is 59.2 Å². The first-order chi connectivity index (χ1) is 11.5. The first kappa shape index (κ1) is 15.7. The fourth-order valence-corrected chi connectivity index (χ4v) is 2.43. The summed E-state index contributed by atoms with van der Waals surface area (Å²) in [4.78, 5) is 23.5. The molecular weight excluding hydrogens is 304 g/mol. The number of aromatic carboxylic acids is 1. The lowest BCUT2D eigenvalue weighted by Gasteiger charge is -2.11. The molecule has 1 N–H and O–H groups in total. The second kappa shape index (κ2) is 6.12. The molecule has 1 aliphatic heterocycles. The van der Waals surface area contributed by atoms with Crippen LogP contribution in [-0.2, 0) is 4.79 Å². The lowest BCUT2D eigenvalue weighted by atomic mass is 10.1. The second-order valence-corrected chi connectivity index (χ2v) is 5.62. The topological polar surface area (TPSA) is 70.0 Å². The van der Waals surface area contributed by atoms with Crippen molar-refractivity contribution in [1.82, 2.24) is 0 Å². The molecule has 0 radical (unpaired) electrons. The summed E-state index contributed by atoms with van der Waals surface area (Å²) >= 11 is 0. The molecule has 0 spiro atoms. The highest BCUT2D eigenvalue weighted by Gasteiger charge is 2.28. The molecule has 2 aromatic carbocycles. The Kier molecular flexibility index (Phi) is 4.00. The van der Waals surface area contributed by atoms with Gasteiger partial charge in [0.25, 0.3) is 5.91 Å². The summed E-state index contributed by atoms with van der Waals surface area (Å²) in [7, 11) is 0. The number of amides is 1. The van der Waals surface area contributed by atoms with E-state index < -0.39 is 5.97 Å². The van der Waals surface area contributed by atoms with Crippen molar-refractivity contribution in [2.75, 3.05) is 5.01 Å². The van der Waals surface area contributed by atoms with Crippen LogP contribution >= 0.6 is 0 Å². The van der Waals surface area contributed by atoms with Crippen molar-refractivity contribution in [3.63, 3.8) is 0 Å². The maximum absolute atomic E-state index is 12.6. The third-order valence-electron chi connectivity index (χ3n) is 3.81. The van der Waals surface area contributed by atoms with E-state index in [9.17, 15) is 9.59 Å². The average Bonchev–Trinajstić information content (AvgIpc) is 2.84. The van der Waals surface area contributed by atoms with Crippen LogP contribution < -0.4 is 5.01 Å². The van der Waals surface area contributed by atoms with E-state index in [1.807, 2.05) is 31.2 Å². The van der Waals surface area contributed by atoms with E-state index in [1.165, 1.54) is 17.1 Å². The van der Waals surface area contributed by atoms with Gasteiger partial charge in [-0.15, -0.1) is 0 Å². The summed E-state index contributed by atoms with van der Waals surface area (Å²) in [5, 5.41) is 14.6. The molecule has 0 saturated heterocycles. The number of carbonyl (C=O) groups is 2. The summed E-state index contributed by atoms with van der Waals surface area (Å²) in [5.74, 6) is -1.17. The number of aryl methyl sites for hydroxylation is 1. The van der Waals surface area contributed by atoms with Crippen molar-refractivity contribution >= 4 is 29.4 Å². The Bertz CT molecular complexity index is 862. The quantitative estimate of drug-likeness (QED) is 0.880. The van der Waals surface area contributed by atoms with Crippen molar-refractivity contribution in [1.29, 1.82) is 0 Å². The molecule has 0 saturated carbocycles. The molecule has 0 unspecified atom stereocenters. The van der Waals surface area contributed by atoms with Gasteiger partial charge in [0.1, 0.15) is 0 Å². The highest BCUT2D eigenvalue weighted by atomic mass is 16.4. The van der Waals surface area contributed by atoms with Crippen molar-refractivity contribution < 1.29 is 14.7 Å². The van der Waals surface area contributed by atoms with Gasteiger partial charge < -0.3 is 5.11 Å². The molecule has 3 rings (SSSR count). The number of carboxylic acid groups (broad SMARTS) is 1. The number of hydrogen-bond donors (Lipinski definition) is 1. The smallest absolute Gasteiger partial charge is 0.335 e. The van der Waals surface area contributed by atoms with Gasteiger partial charge in [-0.25, -0.2) is 4.79 Å². The molecule has 0 aliphatic carbocycles. The van der Waals surface area contributed by atoms with Gasteiger partial charge in [-0.3, -0.25) is 4.79 Å². The maximum Gasteiger partial charge on any atom is 0.335 e. The van der Waals surface area contributed by atoms with Crippen molar-refractivity contribution in [3.8, 4) is 0 Å². The molecule has 1 heterocycles. The van der Waals surface area contributed by atoms with Gasteiger partial charge in [-0.2, -0.15) is 10.1 Å². The molecule has 0 bridgehead atoms. The van der Waals surface area contributed by atoms with Gasteiger partial charge in [0.2, 0.25) is 0 Å². The fourth-order valence-electron chi connectivity index (χ4n) is 2.43. The van der Waals surface area contributed by atoms with Gasteiger partial charge >= 0.3 is 5.97 Å². The first-order valence-corrected chi connectivity index (χ1v) is 7.47. The zero-order chi connectivity index (χ0) is 17.3. The van der Waals surface area contributed by atoms with Crippen molar-refractivity contribution in [3.05, 3.63) is 70.8 Å². The lowest BCUT2D eigenvalue weighted by Crippen LogP contribution is -2.21. The predicted molar refractivity (Wildman–Crippen MR) is 93.2 cm³/mol. The summed E-state index contributed by atoms with van der Waals surface area (Å²) in [6.45, 7) is 3.76. The number of carbonyl (C=O) groups excluding carboxylic acids is 1. The summed E-state index contributed by atoms with van der Waals surface area (Å²) in [5.41, 5.74) is 3.92. The van der Waals surface area contributed by atoms with E-state index in [1.54, 1.807) is 25.1 Å². The minimum atomic E-state index is -0.977. The van der Waals surface area contributed by atoms with E-state index >= 15 is 0 Å². The maximum atomic E-state index is 12.6. The van der Waals surface area contributed by atoms with Crippen molar-refractivity contribution in [2.45, 2.75) is 13.8 Å². The number of benzene rings is 2. The van der Waals surface area contributed by atoms with Crippen LogP contribution in [0.3, 0.4) is 0 Å². The molecule has 0 atom stereocenters. The Balaban J connectivity index is 1.89. The number of carboxylic acids is 1. The SMILES string of the molecule is CC1=NN(c2ccc(C)cc2)C(=O)C1=Cc1ccc(C(=O)O)cc1. The Morgan fingerprint density at radius 1 is 1.04 bits per heavy atom. The molecule has 120 valence electrons. The van der Waals surface area contributed by atoms with Gasteiger partial charge in [0.15, 0.2) is 0 Å². The molecule has 2 aromatic rings. The Morgan fingerprint density at radius 2 is 1.67 bits per heavy atom. The Hall–Kier alpha value is -3.21.